The standard InChI is InChI=1S/C7H19N3/c1-7(2,5-9-3)6-10(4)8/h9H,5-6,8H2,1-4H3. The maximum absolute atomic E-state index is 5.51. The Morgan fingerprint density at radius 2 is 2.00 bits per heavy atom. The molecule has 62 valence electrons. The molecular formula is C7H19N3. The quantitative estimate of drug-likeness (QED) is 0.433. The van der Waals surface area contributed by atoms with Gasteiger partial charge in [-0.1, -0.05) is 13.8 Å². The summed E-state index contributed by atoms with van der Waals surface area (Å²) in [5.74, 6) is 5.51. The van der Waals surface area contributed by atoms with Crippen LogP contribution in [0.25, 0.3) is 0 Å². The maximum Gasteiger partial charge on any atom is 0.0188 e. The number of hydrogen-bond acceptors (Lipinski definition) is 3. The molecule has 10 heavy (non-hydrogen) atoms. The van der Waals surface area contributed by atoms with Gasteiger partial charge in [0.2, 0.25) is 0 Å². The number of hydrogen-bond donors (Lipinski definition) is 2. The molecule has 0 rings (SSSR count). The first kappa shape index (κ1) is 9.88. The van der Waals surface area contributed by atoms with Crippen molar-refractivity contribution in [2.24, 2.45) is 11.3 Å². The van der Waals surface area contributed by atoms with Gasteiger partial charge < -0.3 is 5.32 Å². The molecule has 0 saturated carbocycles. The molecule has 0 saturated heterocycles. The second-order valence-corrected chi connectivity index (χ2v) is 3.61. The van der Waals surface area contributed by atoms with E-state index in [0.29, 0.717) is 0 Å². The first-order valence-corrected chi connectivity index (χ1v) is 3.58. The molecule has 0 amide bonds. The van der Waals surface area contributed by atoms with E-state index >= 15 is 0 Å². The summed E-state index contributed by atoms with van der Waals surface area (Å²) in [6.45, 7) is 6.28. The van der Waals surface area contributed by atoms with E-state index in [0.717, 1.165) is 13.1 Å². The van der Waals surface area contributed by atoms with Crippen LogP contribution < -0.4 is 11.2 Å². The minimum Gasteiger partial charge on any atom is -0.319 e. The highest BCUT2D eigenvalue weighted by molar-refractivity contribution is 4.72. The maximum atomic E-state index is 5.51. The molecule has 0 unspecified atom stereocenters. The average Bonchev–Trinajstić information content (AvgIpc) is 1.59. The number of rotatable bonds is 4. The number of nitrogens with one attached hydrogen (secondary N) is 1. The summed E-state index contributed by atoms with van der Waals surface area (Å²) in [6, 6.07) is 0. The van der Waals surface area contributed by atoms with E-state index in [1.165, 1.54) is 0 Å². The molecule has 0 atom stereocenters. The number of hydrazine groups is 1. The molecule has 0 aliphatic carbocycles. The van der Waals surface area contributed by atoms with Gasteiger partial charge in [-0.25, -0.2) is 5.01 Å². The average molecular weight is 145 g/mol. The second-order valence-electron chi connectivity index (χ2n) is 3.61. The van der Waals surface area contributed by atoms with Gasteiger partial charge in [0.1, 0.15) is 0 Å². The number of nitrogens with two attached hydrogens (primary N) is 1. The molecule has 0 spiro atoms. The summed E-state index contributed by atoms with van der Waals surface area (Å²) in [5.41, 5.74) is 0.262. The van der Waals surface area contributed by atoms with E-state index in [2.05, 4.69) is 19.2 Å². The molecule has 3 heteroatoms. The van der Waals surface area contributed by atoms with Crippen molar-refractivity contribution in [1.29, 1.82) is 0 Å². The lowest BCUT2D eigenvalue weighted by Crippen LogP contribution is -2.40. The van der Waals surface area contributed by atoms with Crippen LogP contribution in [-0.4, -0.2) is 32.2 Å². The molecule has 0 fully saturated rings. The minimum absolute atomic E-state index is 0.262. The Morgan fingerprint density at radius 1 is 1.50 bits per heavy atom. The van der Waals surface area contributed by atoms with E-state index in [1.54, 1.807) is 5.01 Å². The second kappa shape index (κ2) is 3.91. The third-order valence-electron chi connectivity index (χ3n) is 1.33. The summed E-state index contributed by atoms with van der Waals surface area (Å²) < 4.78 is 0. The Labute approximate surface area is 63.5 Å². The molecule has 0 aromatic rings. The zero-order valence-electron chi connectivity index (χ0n) is 7.44. The zero-order valence-corrected chi connectivity index (χ0v) is 7.44. The fourth-order valence-electron chi connectivity index (χ4n) is 1.21. The van der Waals surface area contributed by atoms with Gasteiger partial charge in [-0.05, 0) is 12.5 Å². The van der Waals surface area contributed by atoms with Gasteiger partial charge in [0, 0.05) is 20.1 Å². The molecule has 3 N–H and O–H groups in total. The lowest BCUT2D eigenvalue weighted by atomic mass is 9.93. The van der Waals surface area contributed by atoms with E-state index < -0.39 is 0 Å². The molecule has 0 heterocycles. The summed E-state index contributed by atoms with van der Waals surface area (Å²) >= 11 is 0. The molecule has 0 bridgehead atoms. The fraction of sp³-hybridized carbons (Fsp3) is 1.00. The highest BCUT2D eigenvalue weighted by Crippen LogP contribution is 2.12. The van der Waals surface area contributed by atoms with Crippen molar-refractivity contribution in [2.75, 3.05) is 27.2 Å². The largest absolute Gasteiger partial charge is 0.319 e. The van der Waals surface area contributed by atoms with E-state index in [9.17, 15) is 0 Å². The van der Waals surface area contributed by atoms with Gasteiger partial charge >= 0.3 is 0 Å². The molecule has 0 aromatic carbocycles. The third kappa shape index (κ3) is 4.73. The van der Waals surface area contributed by atoms with Gasteiger partial charge in [-0.3, -0.25) is 5.84 Å². The summed E-state index contributed by atoms with van der Waals surface area (Å²) in [7, 11) is 3.84. The third-order valence-corrected chi connectivity index (χ3v) is 1.33. The lowest BCUT2D eigenvalue weighted by Gasteiger charge is -2.27. The SMILES string of the molecule is CNCC(C)(C)CN(C)N. The monoisotopic (exact) mass is 145 g/mol. The highest BCUT2D eigenvalue weighted by Gasteiger charge is 2.17. The van der Waals surface area contributed by atoms with E-state index in [1.807, 2.05) is 14.1 Å². The topological polar surface area (TPSA) is 41.3 Å². The molecule has 0 aliphatic rings. The lowest BCUT2D eigenvalue weighted by molar-refractivity contribution is 0.211. The van der Waals surface area contributed by atoms with Crippen LogP contribution in [0.3, 0.4) is 0 Å². The Hall–Kier alpha value is -0.120. The molecule has 0 aliphatic heterocycles. The Kier molecular flexibility index (Phi) is 3.86. The molecule has 0 radical (unpaired) electrons. The highest BCUT2D eigenvalue weighted by atomic mass is 15.4. The van der Waals surface area contributed by atoms with Crippen molar-refractivity contribution in [1.82, 2.24) is 10.3 Å². The van der Waals surface area contributed by atoms with Crippen LogP contribution in [0.4, 0.5) is 0 Å². The van der Waals surface area contributed by atoms with Crippen LogP contribution in [0.1, 0.15) is 13.8 Å². The molecular weight excluding hydrogens is 126 g/mol. The fourth-order valence-corrected chi connectivity index (χ4v) is 1.21. The minimum atomic E-state index is 0.262. The van der Waals surface area contributed by atoms with Gasteiger partial charge in [-0.2, -0.15) is 0 Å². The van der Waals surface area contributed by atoms with Crippen molar-refractivity contribution >= 4 is 0 Å². The van der Waals surface area contributed by atoms with Gasteiger partial charge in [-0.15, -0.1) is 0 Å². The summed E-state index contributed by atoms with van der Waals surface area (Å²) in [5, 5.41) is 4.85. The first-order chi connectivity index (χ1) is 4.48. The van der Waals surface area contributed by atoms with E-state index in [-0.39, 0.29) is 5.41 Å². The summed E-state index contributed by atoms with van der Waals surface area (Å²) in [6.07, 6.45) is 0. The Bertz CT molecular complexity index is 88.9. The van der Waals surface area contributed by atoms with Crippen molar-refractivity contribution in [3.63, 3.8) is 0 Å². The predicted octanol–water partition coefficient (Wildman–Crippen LogP) is 0.0375. The van der Waals surface area contributed by atoms with Crippen LogP contribution in [-0.2, 0) is 0 Å². The Morgan fingerprint density at radius 3 is 2.30 bits per heavy atom. The molecule has 3 nitrogen and oxygen atoms in total. The smallest absolute Gasteiger partial charge is 0.0188 e. The van der Waals surface area contributed by atoms with Crippen LogP contribution in [0, 0.1) is 5.41 Å². The van der Waals surface area contributed by atoms with E-state index in [4.69, 9.17) is 5.84 Å². The zero-order chi connectivity index (χ0) is 8.20. The van der Waals surface area contributed by atoms with Crippen molar-refractivity contribution in [2.45, 2.75) is 13.8 Å². The van der Waals surface area contributed by atoms with Crippen LogP contribution in [0.15, 0.2) is 0 Å². The van der Waals surface area contributed by atoms with Crippen LogP contribution in [0.5, 0.6) is 0 Å². The van der Waals surface area contributed by atoms with Gasteiger partial charge in [0.15, 0.2) is 0 Å². The summed E-state index contributed by atoms with van der Waals surface area (Å²) in [4.78, 5) is 0. The first-order valence-electron chi connectivity index (χ1n) is 3.58. The van der Waals surface area contributed by atoms with Crippen LogP contribution >= 0.6 is 0 Å². The van der Waals surface area contributed by atoms with Gasteiger partial charge in [0.25, 0.3) is 0 Å². The van der Waals surface area contributed by atoms with Crippen molar-refractivity contribution < 1.29 is 0 Å². The predicted molar refractivity (Wildman–Crippen MR) is 44.5 cm³/mol. The van der Waals surface area contributed by atoms with Crippen LogP contribution in [0.2, 0.25) is 0 Å². The normalized spacial score (nSPS) is 12.6. The molecule has 0 aromatic heterocycles. The van der Waals surface area contributed by atoms with Gasteiger partial charge in [0.05, 0.1) is 0 Å². The number of nitrogens with zero attached hydrogens (tertiary/aromatic N) is 1. The van der Waals surface area contributed by atoms with Crippen molar-refractivity contribution in [3.8, 4) is 0 Å². The van der Waals surface area contributed by atoms with Crippen molar-refractivity contribution in [3.05, 3.63) is 0 Å². The Balaban J connectivity index is 3.63.